The molecule has 2 aromatic rings. The van der Waals surface area contributed by atoms with Crippen LogP contribution in [-0.2, 0) is 11.2 Å². The lowest BCUT2D eigenvalue weighted by molar-refractivity contribution is -0.120. The molecule has 0 saturated carbocycles. The predicted octanol–water partition coefficient (Wildman–Crippen LogP) is 1.79. The number of aromatic nitrogens is 3. The van der Waals surface area contributed by atoms with Crippen LogP contribution in [0.2, 0.25) is 0 Å². The molecule has 0 saturated heterocycles. The van der Waals surface area contributed by atoms with Crippen molar-refractivity contribution in [1.82, 2.24) is 15.0 Å². The molecule has 1 heterocycles. The number of nitrogens with zero attached hydrogens (tertiary/aromatic N) is 3. The van der Waals surface area contributed by atoms with Crippen LogP contribution in [0.4, 0.5) is 4.39 Å². The molecule has 0 spiro atoms. The quantitative estimate of drug-likeness (QED) is 0.808. The smallest absolute Gasteiger partial charge is 0.154 e. The second-order valence-corrected chi connectivity index (χ2v) is 3.84. The van der Waals surface area contributed by atoms with Gasteiger partial charge in [-0.3, -0.25) is 4.79 Å². The van der Waals surface area contributed by atoms with E-state index in [2.05, 4.69) is 10.3 Å². The molecule has 1 aromatic heterocycles. The Kier molecular flexibility index (Phi) is 3.27. The van der Waals surface area contributed by atoms with Crippen LogP contribution in [0.5, 0.6) is 0 Å². The first-order valence-electron chi connectivity index (χ1n) is 5.27. The molecule has 88 valence electrons. The summed E-state index contributed by atoms with van der Waals surface area (Å²) >= 11 is 0. The average molecular weight is 233 g/mol. The van der Waals surface area contributed by atoms with E-state index in [0.717, 1.165) is 5.56 Å². The van der Waals surface area contributed by atoms with Crippen LogP contribution in [0.1, 0.15) is 18.5 Å². The molecule has 0 aliphatic carbocycles. The third-order valence-corrected chi connectivity index (χ3v) is 2.57. The van der Waals surface area contributed by atoms with Crippen LogP contribution < -0.4 is 0 Å². The fraction of sp³-hybridized carbons (Fsp3) is 0.250. The van der Waals surface area contributed by atoms with Crippen molar-refractivity contribution in [2.24, 2.45) is 0 Å². The predicted molar refractivity (Wildman–Crippen MR) is 59.8 cm³/mol. The van der Waals surface area contributed by atoms with Gasteiger partial charge in [0, 0.05) is 12.6 Å². The lowest BCUT2D eigenvalue weighted by Gasteiger charge is -2.13. The van der Waals surface area contributed by atoms with Gasteiger partial charge in [0.25, 0.3) is 0 Å². The Bertz CT molecular complexity index is 493. The summed E-state index contributed by atoms with van der Waals surface area (Å²) in [5.74, 6) is -0.284. The zero-order valence-corrected chi connectivity index (χ0v) is 9.38. The Morgan fingerprint density at radius 3 is 2.65 bits per heavy atom. The summed E-state index contributed by atoms with van der Waals surface area (Å²) in [4.78, 5) is 11.6. The molecule has 1 aromatic carbocycles. The standard InChI is InChI=1S/C12H12FN3O/c1-9(17)12(16-7-6-14-15-16)8-10-2-4-11(13)5-3-10/h2-7,12H,8H2,1H3. The fourth-order valence-corrected chi connectivity index (χ4v) is 1.65. The van der Waals surface area contributed by atoms with E-state index in [1.807, 2.05) is 0 Å². The zero-order chi connectivity index (χ0) is 12.3. The molecule has 4 nitrogen and oxygen atoms in total. The second-order valence-electron chi connectivity index (χ2n) is 3.84. The van der Waals surface area contributed by atoms with E-state index in [9.17, 15) is 9.18 Å². The topological polar surface area (TPSA) is 47.8 Å². The summed E-state index contributed by atoms with van der Waals surface area (Å²) in [5, 5.41) is 7.51. The summed E-state index contributed by atoms with van der Waals surface area (Å²) in [6, 6.07) is 5.72. The fourth-order valence-electron chi connectivity index (χ4n) is 1.65. The number of rotatable bonds is 4. The number of carbonyl (C=O) groups is 1. The molecular weight excluding hydrogens is 221 g/mol. The van der Waals surface area contributed by atoms with Crippen LogP contribution in [0.3, 0.4) is 0 Å². The van der Waals surface area contributed by atoms with Gasteiger partial charge in [-0.1, -0.05) is 17.3 Å². The van der Waals surface area contributed by atoms with Gasteiger partial charge in [-0.05, 0) is 24.6 Å². The van der Waals surface area contributed by atoms with E-state index in [-0.39, 0.29) is 17.6 Å². The summed E-state index contributed by atoms with van der Waals surface area (Å²) in [6.07, 6.45) is 3.66. The van der Waals surface area contributed by atoms with E-state index in [0.29, 0.717) is 6.42 Å². The molecule has 1 atom stereocenters. The first-order valence-corrected chi connectivity index (χ1v) is 5.27. The van der Waals surface area contributed by atoms with Crippen LogP contribution >= 0.6 is 0 Å². The van der Waals surface area contributed by atoms with E-state index >= 15 is 0 Å². The monoisotopic (exact) mass is 233 g/mol. The third-order valence-electron chi connectivity index (χ3n) is 2.57. The number of hydrogen-bond acceptors (Lipinski definition) is 3. The molecule has 2 rings (SSSR count). The molecule has 17 heavy (non-hydrogen) atoms. The van der Waals surface area contributed by atoms with Crippen molar-refractivity contribution in [2.45, 2.75) is 19.4 Å². The Balaban J connectivity index is 2.19. The minimum Gasteiger partial charge on any atom is -0.298 e. The number of carbonyl (C=O) groups excluding carboxylic acids is 1. The highest BCUT2D eigenvalue weighted by molar-refractivity contribution is 5.80. The SMILES string of the molecule is CC(=O)C(Cc1ccc(F)cc1)n1ccnn1. The van der Waals surface area contributed by atoms with E-state index in [1.54, 1.807) is 18.3 Å². The van der Waals surface area contributed by atoms with Crippen LogP contribution in [0.25, 0.3) is 0 Å². The number of Topliss-reactive ketones (excluding diaryl/α,β-unsaturated/α-hetero) is 1. The van der Waals surface area contributed by atoms with Crippen molar-refractivity contribution < 1.29 is 9.18 Å². The van der Waals surface area contributed by atoms with E-state index in [4.69, 9.17) is 0 Å². The largest absolute Gasteiger partial charge is 0.298 e. The lowest BCUT2D eigenvalue weighted by atomic mass is 10.0. The van der Waals surface area contributed by atoms with Crippen LogP contribution in [-0.4, -0.2) is 20.8 Å². The molecule has 0 aliphatic rings. The van der Waals surface area contributed by atoms with E-state index in [1.165, 1.54) is 29.9 Å². The van der Waals surface area contributed by atoms with Gasteiger partial charge in [0.05, 0.1) is 6.20 Å². The summed E-state index contributed by atoms with van der Waals surface area (Å²) < 4.78 is 14.3. The lowest BCUT2D eigenvalue weighted by Crippen LogP contribution is -2.20. The Hall–Kier alpha value is -2.04. The van der Waals surface area contributed by atoms with Crippen LogP contribution in [0.15, 0.2) is 36.7 Å². The minimum atomic E-state index is -0.386. The summed E-state index contributed by atoms with van der Waals surface area (Å²) in [5.41, 5.74) is 0.891. The van der Waals surface area contributed by atoms with Crippen LogP contribution in [0, 0.1) is 5.82 Å². The first-order chi connectivity index (χ1) is 8.16. The van der Waals surface area contributed by atoms with Gasteiger partial charge in [0.15, 0.2) is 5.78 Å². The molecule has 0 fully saturated rings. The van der Waals surface area contributed by atoms with Gasteiger partial charge in [-0.15, -0.1) is 5.10 Å². The highest BCUT2D eigenvalue weighted by atomic mass is 19.1. The maximum atomic E-state index is 12.8. The Morgan fingerprint density at radius 2 is 2.12 bits per heavy atom. The van der Waals surface area contributed by atoms with Crippen molar-refractivity contribution in [3.63, 3.8) is 0 Å². The highest BCUT2D eigenvalue weighted by Gasteiger charge is 2.17. The molecule has 5 heteroatoms. The average Bonchev–Trinajstić information content (AvgIpc) is 2.81. The molecule has 0 amide bonds. The number of hydrogen-bond donors (Lipinski definition) is 0. The highest BCUT2D eigenvalue weighted by Crippen LogP contribution is 2.14. The van der Waals surface area contributed by atoms with E-state index < -0.39 is 0 Å². The maximum Gasteiger partial charge on any atom is 0.154 e. The van der Waals surface area contributed by atoms with Crippen molar-refractivity contribution in [3.05, 3.63) is 48.0 Å². The number of halogens is 1. The summed E-state index contributed by atoms with van der Waals surface area (Å²) in [7, 11) is 0. The number of benzene rings is 1. The van der Waals surface area contributed by atoms with Gasteiger partial charge in [-0.2, -0.15) is 0 Å². The Morgan fingerprint density at radius 1 is 1.41 bits per heavy atom. The first kappa shape index (κ1) is 11.4. The van der Waals surface area contributed by atoms with Gasteiger partial charge in [-0.25, -0.2) is 9.07 Å². The molecule has 1 unspecified atom stereocenters. The van der Waals surface area contributed by atoms with Gasteiger partial charge in [0.2, 0.25) is 0 Å². The normalized spacial score (nSPS) is 12.4. The molecule has 0 N–H and O–H groups in total. The van der Waals surface area contributed by atoms with Crippen molar-refractivity contribution in [3.8, 4) is 0 Å². The van der Waals surface area contributed by atoms with Crippen molar-refractivity contribution >= 4 is 5.78 Å². The Labute approximate surface area is 98.1 Å². The van der Waals surface area contributed by atoms with Gasteiger partial charge < -0.3 is 0 Å². The number of ketones is 1. The second kappa shape index (κ2) is 4.86. The maximum absolute atomic E-state index is 12.8. The minimum absolute atomic E-state index is 0.000162. The zero-order valence-electron chi connectivity index (χ0n) is 9.38. The van der Waals surface area contributed by atoms with Gasteiger partial charge >= 0.3 is 0 Å². The van der Waals surface area contributed by atoms with Crippen molar-refractivity contribution in [2.75, 3.05) is 0 Å². The molecule has 0 radical (unpaired) electrons. The van der Waals surface area contributed by atoms with Gasteiger partial charge in [0.1, 0.15) is 11.9 Å². The van der Waals surface area contributed by atoms with Crippen molar-refractivity contribution in [1.29, 1.82) is 0 Å². The molecule has 0 bridgehead atoms. The molecule has 0 aliphatic heterocycles. The third kappa shape index (κ3) is 2.75. The summed E-state index contributed by atoms with van der Waals surface area (Å²) in [6.45, 7) is 1.51. The molecular formula is C12H12FN3O.